The fraction of sp³-hybridized carbons (Fsp3) is 0.762. The van der Waals surface area contributed by atoms with Gasteiger partial charge in [-0.2, -0.15) is 0 Å². The number of nitrogens with zero attached hydrogens (tertiary/aromatic N) is 6. The summed E-state index contributed by atoms with van der Waals surface area (Å²) in [5.41, 5.74) is 0. The zero-order chi connectivity index (χ0) is 20.1. The Kier molecular flexibility index (Phi) is 6.82. The highest BCUT2D eigenvalue weighted by atomic mass is 16.5. The molecule has 0 atom stereocenters. The largest absolute Gasteiger partial charge is 0.378 e. The summed E-state index contributed by atoms with van der Waals surface area (Å²) in [5.74, 6) is 3.10. The molecular weight excluding hydrogens is 368 g/mol. The van der Waals surface area contributed by atoms with E-state index in [-0.39, 0.29) is 0 Å². The molecule has 8 heteroatoms. The van der Waals surface area contributed by atoms with Crippen LogP contribution in [0.25, 0.3) is 0 Å². The van der Waals surface area contributed by atoms with E-state index < -0.39 is 0 Å². The van der Waals surface area contributed by atoms with Gasteiger partial charge in [0.05, 0.1) is 19.8 Å². The van der Waals surface area contributed by atoms with Crippen molar-refractivity contribution in [1.82, 2.24) is 19.8 Å². The number of hydrogen-bond donors (Lipinski definition) is 0. The van der Waals surface area contributed by atoms with Crippen LogP contribution in [-0.2, 0) is 9.53 Å². The van der Waals surface area contributed by atoms with Crippen molar-refractivity contribution in [3.8, 4) is 0 Å². The molecule has 0 aliphatic carbocycles. The number of aromatic nitrogens is 2. The van der Waals surface area contributed by atoms with Gasteiger partial charge in [-0.25, -0.2) is 9.97 Å². The van der Waals surface area contributed by atoms with Gasteiger partial charge in [0, 0.05) is 58.4 Å². The summed E-state index contributed by atoms with van der Waals surface area (Å²) >= 11 is 0. The number of ether oxygens (including phenoxy) is 1. The smallest absolute Gasteiger partial charge is 0.236 e. The average Bonchev–Trinajstić information content (AvgIpc) is 3.04. The minimum Gasteiger partial charge on any atom is -0.378 e. The highest BCUT2D eigenvalue weighted by molar-refractivity contribution is 5.78. The van der Waals surface area contributed by atoms with Crippen molar-refractivity contribution in [2.45, 2.75) is 32.6 Å². The van der Waals surface area contributed by atoms with Crippen molar-refractivity contribution in [1.29, 1.82) is 0 Å². The summed E-state index contributed by atoms with van der Waals surface area (Å²) in [6, 6.07) is 2.11. The van der Waals surface area contributed by atoms with Gasteiger partial charge >= 0.3 is 0 Å². The van der Waals surface area contributed by atoms with Gasteiger partial charge in [0.25, 0.3) is 0 Å². The number of carbonyl (C=O) groups excluding carboxylic acids is 1. The molecule has 0 saturated carbocycles. The predicted octanol–water partition coefficient (Wildman–Crippen LogP) is 1.15. The van der Waals surface area contributed by atoms with Crippen LogP contribution in [0.2, 0.25) is 0 Å². The zero-order valence-electron chi connectivity index (χ0n) is 17.7. The minimum atomic E-state index is 0.299. The first-order valence-corrected chi connectivity index (χ1v) is 11.1. The van der Waals surface area contributed by atoms with Crippen molar-refractivity contribution in [3.63, 3.8) is 0 Å². The van der Waals surface area contributed by atoms with Gasteiger partial charge in [-0.3, -0.25) is 9.69 Å². The van der Waals surface area contributed by atoms with E-state index in [0.717, 1.165) is 95.9 Å². The number of piperazine rings is 1. The number of hydrogen-bond acceptors (Lipinski definition) is 7. The van der Waals surface area contributed by atoms with E-state index in [4.69, 9.17) is 4.74 Å². The highest BCUT2D eigenvalue weighted by Crippen LogP contribution is 2.21. The van der Waals surface area contributed by atoms with Crippen molar-refractivity contribution < 1.29 is 9.53 Å². The molecule has 4 heterocycles. The maximum Gasteiger partial charge on any atom is 0.236 e. The summed E-state index contributed by atoms with van der Waals surface area (Å²) in [6.45, 7) is 11.2. The summed E-state index contributed by atoms with van der Waals surface area (Å²) < 4.78 is 5.46. The van der Waals surface area contributed by atoms with Gasteiger partial charge in [0.2, 0.25) is 5.91 Å². The second-order valence-electron chi connectivity index (χ2n) is 8.29. The third-order valence-corrected chi connectivity index (χ3v) is 6.16. The van der Waals surface area contributed by atoms with E-state index in [1.807, 2.05) is 6.92 Å². The number of likely N-dealkylation sites (tertiary alicyclic amines) is 1. The minimum absolute atomic E-state index is 0.299. The maximum absolute atomic E-state index is 12.7. The molecule has 4 rings (SSSR count). The first kappa shape index (κ1) is 20.3. The lowest BCUT2D eigenvalue weighted by Gasteiger charge is -2.36. The lowest BCUT2D eigenvalue weighted by molar-refractivity contribution is -0.132. The van der Waals surface area contributed by atoms with Crippen molar-refractivity contribution >= 4 is 17.5 Å². The number of amides is 1. The number of morpholine rings is 1. The Morgan fingerprint density at radius 1 is 0.862 bits per heavy atom. The fourth-order valence-corrected chi connectivity index (χ4v) is 4.40. The Morgan fingerprint density at radius 3 is 2.07 bits per heavy atom. The van der Waals surface area contributed by atoms with Crippen LogP contribution in [-0.4, -0.2) is 97.8 Å². The molecule has 0 unspecified atom stereocenters. The normalized spacial score (nSPS) is 21.9. The standard InChI is InChI=1S/C21H34N6O2/c1-18-22-19(16-20(23-18)26-12-14-29-15-13-26)25-10-8-24(9-11-25)17-21(28)27-6-4-2-3-5-7-27/h16H,2-15,17H2,1H3. The SMILES string of the molecule is Cc1nc(N2CCOCC2)cc(N2CCN(CC(=O)N3CCCCCC3)CC2)n1. The van der Waals surface area contributed by atoms with E-state index in [1.54, 1.807) is 0 Å². The molecule has 160 valence electrons. The van der Waals surface area contributed by atoms with Crippen LogP contribution in [0, 0.1) is 6.92 Å². The van der Waals surface area contributed by atoms with Gasteiger partial charge in [-0.15, -0.1) is 0 Å². The van der Waals surface area contributed by atoms with Gasteiger partial charge in [0.1, 0.15) is 17.5 Å². The zero-order valence-corrected chi connectivity index (χ0v) is 17.7. The third-order valence-electron chi connectivity index (χ3n) is 6.16. The van der Waals surface area contributed by atoms with Crippen LogP contribution in [0.3, 0.4) is 0 Å². The van der Waals surface area contributed by atoms with Crippen LogP contribution in [0.1, 0.15) is 31.5 Å². The first-order chi connectivity index (χ1) is 14.2. The summed E-state index contributed by atoms with van der Waals surface area (Å²) in [7, 11) is 0. The predicted molar refractivity (Wildman–Crippen MR) is 114 cm³/mol. The molecule has 0 bridgehead atoms. The molecule has 3 saturated heterocycles. The maximum atomic E-state index is 12.7. The quantitative estimate of drug-likeness (QED) is 0.748. The number of anilines is 2. The van der Waals surface area contributed by atoms with Crippen molar-refractivity contribution in [3.05, 3.63) is 11.9 Å². The van der Waals surface area contributed by atoms with Crippen LogP contribution in [0.5, 0.6) is 0 Å². The second kappa shape index (κ2) is 9.71. The summed E-state index contributed by atoms with van der Waals surface area (Å²) in [4.78, 5) is 31.0. The number of carbonyl (C=O) groups is 1. The van der Waals surface area contributed by atoms with Gasteiger partial charge in [0.15, 0.2) is 0 Å². The lowest BCUT2D eigenvalue weighted by atomic mass is 10.2. The Labute approximate surface area is 173 Å². The molecule has 3 fully saturated rings. The molecule has 29 heavy (non-hydrogen) atoms. The first-order valence-electron chi connectivity index (χ1n) is 11.1. The number of aryl methyl sites for hydroxylation is 1. The monoisotopic (exact) mass is 402 g/mol. The molecular formula is C21H34N6O2. The van der Waals surface area contributed by atoms with Crippen molar-refractivity contribution in [2.24, 2.45) is 0 Å². The molecule has 0 aromatic carbocycles. The van der Waals surface area contributed by atoms with E-state index >= 15 is 0 Å². The Bertz CT molecular complexity index is 678. The molecule has 0 N–H and O–H groups in total. The van der Waals surface area contributed by atoms with Crippen molar-refractivity contribution in [2.75, 3.05) is 81.9 Å². The second-order valence-corrected chi connectivity index (χ2v) is 8.29. The van der Waals surface area contributed by atoms with Gasteiger partial charge in [-0.1, -0.05) is 12.8 Å². The third kappa shape index (κ3) is 5.36. The topological polar surface area (TPSA) is 65.0 Å². The van der Waals surface area contributed by atoms with Crippen LogP contribution >= 0.6 is 0 Å². The Morgan fingerprint density at radius 2 is 1.45 bits per heavy atom. The average molecular weight is 403 g/mol. The Balaban J connectivity index is 1.32. The van der Waals surface area contributed by atoms with Crippen LogP contribution in [0.15, 0.2) is 6.07 Å². The fourth-order valence-electron chi connectivity index (χ4n) is 4.40. The molecule has 3 aliphatic rings. The molecule has 3 aliphatic heterocycles. The summed E-state index contributed by atoms with van der Waals surface area (Å²) in [6.07, 6.45) is 4.82. The molecule has 0 spiro atoms. The Hall–Kier alpha value is -1.93. The number of rotatable bonds is 4. The van der Waals surface area contributed by atoms with Gasteiger partial charge in [-0.05, 0) is 19.8 Å². The van der Waals surface area contributed by atoms with E-state index in [9.17, 15) is 4.79 Å². The molecule has 0 radical (unpaired) electrons. The van der Waals surface area contributed by atoms with Crippen LogP contribution in [0.4, 0.5) is 11.6 Å². The van der Waals surface area contributed by atoms with Gasteiger partial charge < -0.3 is 19.4 Å². The van der Waals surface area contributed by atoms with E-state index in [1.165, 1.54) is 12.8 Å². The van der Waals surface area contributed by atoms with E-state index in [2.05, 4.69) is 35.6 Å². The highest BCUT2D eigenvalue weighted by Gasteiger charge is 2.24. The van der Waals surface area contributed by atoms with Crippen LogP contribution < -0.4 is 9.80 Å². The molecule has 1 amide bonds. The lowest BCUT2D eigenvalue weighted by Crippen LogP contribution is -2.50. The molecule has 1 aromatic rings. The molecule has 8 nitrogen and oxygen atoms in total. The summed E-state index contributed by atoms with van der Waals surface area (Å²) in [5, 5.41) is 0. The molecule has 1 aromatic heterocycles. The van der Waals surface area contributed by atoms with E-state index in [0.29, 0.717) is 12.5 Å².